The molecule has 3 rings (SSSR count). The van der Waals surface area contributed by atoms with Crippen molar-refractivity contribution >= 4 is 22.3 Å². The van der Waals surface area contributed by atoms with E-state index in [-0.39, 0.29) is 17.1 Å². The van der Waals surface area contributed by atoms with Crippen LogP contribution in [0.1, 0.15) is 40.0 Å². The van der Waals surface area contributed by atoms with Crippen molar-refractivity contribution in [2.45, 2.75) is 46.1 Å². The zero-order chi connectivity index (χ0) is 17.5. The summed E-state index contributed by atoms with van der Waals surface area (Å²) in [5.41, 5.74) is -0.617. The number of nitrogens with one attached hydrogen (secondary N) is 1. The average molecular weight is 330 g/mol. The van der Waals surface area contributed by atoms with Crippen LogP contribution in [0, 0.1) is 21.4 Å². The fraction of sp³-hybridized carbons (Fsp3) is 0.500. The number of hydrogen-bond donors (Lipinski definition) is 1. The van der Waals surface area contributed by atoms with Crippen LogP contribution in [0.15, 0.2) is 33.5 Å². The third-order valence-corrected chi connectivity index (χ3v) is 4.71. The van der Waals surface area contributed by atoms with Gasteiger partial charge in [-0.25, -0.2) is 4.79 Å². The van der Waals surface area contributed by atoms with E-state index in [1.165, 1.54) is 0 Å². The number of rotatable bonds is 3. The number of fused-ring (bicyclic) bond motifs is 1. The lowest BCUT2D eigenvalue weighted by Gasteiger charge is -2.39. The first-order valence-corrected chi connectivity index (χ1v) is 8.23. The Morgan fingerprint density at radius 3 is 2.67 bits per heavy atom. The summed E-state index contributed by atoms with van der Waals surface area (Å²) in [5, 5.41) is 15.3. The van der Waals surface area contributed by atoms with Gasteiger partial charge in [-0.2, -0.15) is 0 Å². The number of nitrogens with zero attached hydrogens (tertiary/aromatic N) is 1. The van der Waals surface area contributed by atoms with Crippen LogP contribution < -0.4 is 10.9 Å². The smallest absolute Gasteiger partial charge is 0.417 e. The van der Waals surface area contributed by atoms with Gasteiger partial charge in [0.15, 0.2) is 0 Å². The normalized spacial score (nSPS) is 23.1. The molecular formula is C18H22N2O4. The van der Waals surface area contributed by atoms with Gasteiger partial charge >= 0.3 is 11.3 Å². The summed E-state index contributed by atoms with van der Waals surface area (Å²) < 4.78 is 5.11. The van der Waals surface area contributed by atoms with Gasteiger partial charge in [-0.15, -0.1) is 0 Å². The van der Waals surface area contributed by atoms with Crippen molar-refractivity contribution in [1.29, 1.82) is 0 Å². The predicted octanol–water partition coefficient (Wildman–Crippen LogP) is 4.33. The fourth-order valence-corrected chi connectivity index (χ4v) is 4.11. The lowest BCUT2D eigenvalue weighted by molar-refractivity contribution is -0.386. The number of nitro groups is 1. The molecule has 128 valence electrons. The second-order valence-electron chi connectivity index (χ2n) is 7.62. The quantitative estimate of drug-likeness (QED) is 0.514. The zero-order valence-electron chi connectivity index (χ0n) is 14.2. The van der Waals surface area contributed by atoms with Gasteiger partial charge in [-0.05, 0) is 42.7 Å². The Balaban J connectivity index is 2.09. The van der Waals surface area contributed by atoms with Crippen LogP contribution in [0.25, 0.3) is 11.0 Å². The summed E-state index contributed by atoms with van der Waals surface area (Å²) in [7, 11) is 0. The highest BCUT2D eigenvalue weighted by molar-refractivity contribution is 5.94. The second kappa shape index (κ2) is 5.92. The molecule has 1 aromatic carbocycles. The molecule has 6 heteroatoms. The lowest BCUT2D eigenvalue weighted by Crippen LogP contribution is -2.36. The summed E-state index contributed by atoms with van der Waals surface area (Å²) in [5.74, 6) is 0.525. The summed E-state index contributed by atoms with van der Waals surface area (Å²) in [6.45, 7) is 6.62. The van der Waals surface area contributed by atoms with Crippen molar-refractivity contribution in [3.63, 3.8) is 0 Å². The molecule has 6 nitrogen and oxygen atoms in total. The molecule has 0 amide bonds. The van der Waals surface area contributed by atoms with E-state index in [2.05, 4.69) is 26.1 Å². The van der Waals surface area contributed by atoms with Crippen LogP contribution >= 0.6 is 0 Å². The summed E-state index contributed by atoms with van der Waals surface area (Å²) in [6, 6.07) is 7.01. The highest BCUT2D eigenvalue weighted by Crippen LogP contribution is 2.41. The molecule has 0 spiro atoms. The monoisotopic (exact) mass is 330 g/mol. The summed E-state index contributed by atoms with van der Waals surface area (Å²) >= 11 is 0. The molecule has 0 radical (unpaired) electrons. The van der Waals surface area contributed by atoms with E-state index in [9.17, 15) is 14.9 Å². The van der Waals surface area contributed by atoms with E-state index in [0.717, 1.165) is 19.3 Å². The van der Waals surface area contributed by atoms with Gasteiger partial charge in [0.25, 0.3) is 0 Å². The first-order valence-electron chi connectivity index (χ1n) is 8.23. The molecular weight excluding hydrogens is 308 g/mol. The second-order valence-corrected chi connectivity index (χ2v) is 7.62. The minimum absolute atomic E-state index is 0.0904. The molecule has 0 bridgehead atoms. The molecule has 0 unspecified atom stereocenters. The Hall–Kier alpha value is -2.37. The summed E-state index contributed by atoms with van der Waals surface area (Å²) in [6.07, 6.45) is 2.96. The van der Waals surface area contributed by atoms with Gasteiger partial charge in [-0.1, -0.05) is 32.9 Å². The zero-order valence-corrected chi connectivity index (χ0v) is 14.2. The molecule has 1 aliphatic carbocycles. The number of hydrogen-bond acceptors (Lipinski definition) is 5. The Bertz CT molecular complexity index is 841. The van der Waals surface area contributed by atoms with E-state index < -0.39 is 16.2 Å². The number of anilines is 1. The van der Waals surface area contributed by atoms with E-state index in [4.69, 9.17) is 4.42 Å². The third kappa shape index (κ3) is 3.13. The van der Waals surface area contributed by atoms with E-state index in [0.29, 0.717) is 16.9 Å². The molecule has 2 atom stereocenters. The average Bonchev–Trinajstić information content (AvgIpc) is 2.44. The standard InChI is InChI=1S/C18H22N2O4/c1-11-8-12(10-18(2,3)9-11)19-15-13-6-4-5-7-14(13)24-17(21)16(15)20(22)23/h4-7,11-12,19H,8-10H2,1-3H3/t11-,12+/m1/s1. The third-order valence-electron chi connectivity index (χ3n) is 4.71. The van der Waals surface area contributed by atoms with Gasteiger partial charge in [0, 0.05) is 11.4 Å². The van der Waals surface area contributed by atoms with E-state index in [1.54, 1.807) is 24.3 Å². The maximum Gasteiger partial charge on any atom is 0.417 e. The summed E-state index contributed by atoms with van der Waals surface area (Å²) in [4.78, 5) is 22.9. The Kier molecular flexibility index (Phi) is 4.07. The Labute approximate surface area is 140 Å². The van der Waals surface area contributed by atoms with Crippen molar-refractivity contribution < 1.29 is 9.34 Å². The topological polar surface area (TPSA) is 85.4 Å². The molecule has 0 aliphatic heterocycles. The molecule has 0 saturated heterocycles. The molecule has 2 aromatic rings. The lowest BCUT2D eigenvalue weighted by atomic mass is 9.70. The highest BCUT2D eigenvalue weighted by atomic mass is 16.6. The number of benzene rings is 1. The largest absolute Gasteiger partial charge is 0.418 e. The van der Waals surface area contributed by atoms with Crippen LogP contribution in [0.4, 0.5) is 11.4 Å². The first-order chi connectivity index (χ1) is 11.3. The van der Waals surface area contributed by atoms with Crippen LogP contribution in [-0.2, 0) is 0 Å². The molecule has 1 aliphatic rings. The van der Waals surface area contributed by atoms with Gasteiger partial charge < -0.3 is 9.73 Å². The van der Waals surface area contributed by atoms with Crippen LogP contribution in [0.3, 0.4) is 0 Å². The molecule has 1 aromatic heterocycles. The molecule has 1 heterocycles. The van der Waals surface area contributed by atoms with Crippen molar-refractivity contribution in [2.24, 2.45) is 11.3 Å². The van der Waals surface area contributed by atoms with Crippen LogP contribution in [0.5, 0.6) is 0 Å². The van der Waals surface area contributed by atoms with Crippen molar-refractivity contribution in [1.82, 2.24) is 0 Å². The Morgan fingerprint density at radius 1 is 1.29 bits per heavy atom. The van der Waals surface area contributed by atoms with Crippen molar-refractivity contribution in [3.05, 3.63) is 44.8 Å². The number of para-hydroxylation sites is 1. The molecule has 24 heavy (non-hydrogen) atoms. The first kappa shape index (κ1) is 16.5. The van der Waals surface area contributed by atoms with Crippen molar-refractivity contribution in [3.8, 4) is 0 Å². The molecule has 1 fully saturated rings. The van der Waals surface area contributed by atoms with Gasteiger partial charge in [0.2, 0.25) is 0 Å². The molecule has 1 N–H and O–H groups in total. The fourth-order valence-electron chi connectivity index (χ4n) is 4.11. The highest BCUT2D eigenvalue weighted by Gasteiger charge is 2.34. The minimum Gasteiger partial charge on any atom is -0.418 e. The minimum atomic E-state index is -0.913. The van der Waals surface area contributed by atoms with Crippen LogP contribution in [0.2, 0.25) is 0 Å². The maximum atomic E-state index is 12.1. The Morgan fingerprint density at radius 2 is 2.00 bits per heavy atom. The van der Waals surface area contributed by atoms with Crippen molar-refractivity contribution in [2.75, 3.05) is 5.32 Å². The van der Waals surface area contributed by atoms with Gasteiger partial charge in [0.05, 0.1) is 4.92 Å². The van der Waals surface area contributed by atoms with Gasteiger partial charge in [-0.3, -0.25) is 10.1 Å². The maximum absolute atomic E-state index is 12.1. The van der Waals surface area contributed by atoms with Crippen LogP contribution in [-0.4, -0.2) is 11.0 Å². The van der Waals surface area contributed by atoms with Gasteiger partial charge in [0.1, 0.15) is 11.3 Å². The predicted molar refractivity (Wildman–Crippen MR) is 93.3 cm³/mol. The SMILES string of the molecule is C[C@@H]1C[C@H](Nc2c([N+](=O)[O-])c(=O)oc3ccccc23)CC(C)(C)C1. The van der Waals surface area contributed by atoms with E-state index >= 15 is 0 Å². The van der Waals surface area contributed by atoms with E-state index in [1.807, 2.05) is 0 Å². The molecule has 1 saturated carbocycles.